The summed E-state index contributed by atoms with van der Waals surface area (Å²) < 4.78 is 0. The first kappa shape index (κ1) is 15.8. The molecule has 0 N–H and O–H groups in total. The standard InChI is InChI=1S/C16H31N3O/c1-4-16(2,3)14-18-11-9-17(10-12-18)13-15(20)19-7-5-6-8-19/h4-14H2,1-3H3. The third-order valence-electron chi connectivity index (χ3n) is 4.89. The van der Waals surface area contributed by atoms with Crippen LogP contribution in [0.15, 0.2) is 0 Å². The summed E-state index contributed by atoms with van der Waals surface area (Å²) in [5.74, 6) is 0.338. The summed E-state index contributed by atoms with van der Waals surface area (Å²) in [4.78, 5) is 19.1. The maximum absolute atomic E-state index is 12.1. The van der Waals surface area contributed by atoms with Gasteiger partial charge in [-0.05, 0) is 24.7 Å². The van der Waals surface area contributed by atoms with E-state index in [0.29, 0.717) is 17.9 Å². The summed E-state index contributed by atoms with van der Waals surface area (Å²) in [6, 6.07) is 0. The predicted molar refractivity (Wildman–Crippen MR) is 82.8 cm³/mol. The molecule has 2 rings (SSSR count). The van der Waals surface area contributed by atoms with Crippen molar-refractivity contribution in [3.8, 4) is 0 Å². The topological polar surface area (TPSA) is 26.8 Å². The molecule has 4 heteroatoms. The Hall–Kier alpha value is -0.610. The third kappa shape index (κ3) is 4.45. The van der Waals surface area contributed by atoms with Gasteiger partial charge in [0.1, 0.15) is 0 Å². The average Bonchev–Trinajstić information content (AvgIpc) is 2.95. The van der Waals surface area contributed by atoms with E-state index in [-0.39, 0.29) is 0 Å². The number of rotatable bonds is 5. The fourth-order valence-corrected chi connectivity index (χ4v) is 3.08. The molecule has 0 unspecified atom stereocenters. The number of amides is 1. The number of likely N-dealkylation sites (tertiary alicyclic amines) is 1. The Labute approximate surface area is 124 Å². The third-order valence-corrected chi connectivity index (χ3v) is 4.89. The van der Waals surface area contributed by atoms with Gasteiger partial charge in [0.15, 0.2) is 0 Å². The molecule has 0 atom stereocenters. The van der Waals surface area contributed by atoms with E-state index in [9.17, 15) is 4.79 Å². The van der Waals surface area contributed by atoms with Crippen LogP contribution in [-0.4, -0.2) is 73.0 Å². The fraction of sp³-hybridized carbons (Fsp3) is 0.938. The van der Waals surface area contributed by atoms with Crippen molar-refractivity contribution in [3.05, 3.63) is 0 Å². The molecular formula is C16H31N3O. The van der Waals surface area contributed by atoms with Gasteiger partial charge in [0.05, 0.1) is 6.54 Å². The van der Waals surface area contributed by atoms with Gasteiger partial charge in [0.25, 0.3) is 0 Å². The minimum atomic E-state index is 0.338. The summed E-state index contributed by atoms with van der Waals surface area (Å²) >= 11 is 0. The van der Waals surface area contributed by atoms with Crippen LogP contribution in [0.5, 0.6) is 0 Å². The number of hydrogen-bond acceptors (Lipinski definition) is 3. The first-order chi connectivity index (χ1) is 9.50. The van der Waals surface area contributed by atoms with Gasteiger partial charge in [0.2, 0.25) is 5.91 Å². The molecule has 4 nitrogen and oxygen atoms in total. The van der Waals surface area contributed by atoms with Crippen molar-refractivity contribution in [2.75, 3.05) is 52.4 Å². The van der Waals surface area contributed by atoms with Crippen molar-refractivity contribution < 1.29 is 4.79 Å². The zero-order valence-corrected chi connectivity index (χ0v) is 13.5. The monoisotopic (exact) mass is 281 g/mol. The van der Waals surface area contributed by atoms with Crippen LogP contribution in [0.25, 0.3) is 0 Å². The molecule has 116 valence electrons. The first-order valence-corrected chi connectivity index (χ1v) is 8.23. The molecule has 2 heterocycles. The van der Waals surface area contributed by atoms with E-state index in [1.807, 2.05) is 4.90 Å². The first-order valence-electron chi connectivity index (χ1n) is 8.23. The quantitative estimate of drug-likeness (QED) is 0.767. The van der Waals surface area contributed by atoms with Crippen LogP contribution >= 0.6 is 0 Å². The van der Waals surface area contributed by atoms with Gasteiger partial charge < -0.3 is 9.80 Å². The Balaban J connectivity index is 1.70. The number of nitrogens with zero attached hydrogens (tertiary/aromatic N) is 3. The minimum absolute atomic E-state index is 0.338. The van der Waals surface area contributed by atoms with Gasteiger partial charge in [-0.25, -0.2) is 0 Å². The van der Waals surface area contributed by atoms with E-state index in [4.69, 9.17) is 0 Å². The van der Waals surface area contributed by atoms with E-state index in [2.05, 4.69) is 30.6 Å². The summed E-state index contributed by atoms with van der Waals surface area (Å²) in [6.07, 6.45) is 3.60. The van der Waals surface area contributed by atoms with Gasteiger partial charge in [0, 0.05) is 45.8 Å². The van der Waals surface area contributed by atoms with Crippen molar-refractivity contribution in [2.24, 2.45) is 5.41 Å². The van der Waals surface area contributed by atoms with Gasteiger partial charge in [-0.3, -0.25) is 9.69 Å². The molecule has 0 saturated carbocycles. The van der Waals surface area contributed by atoms with Crippen molar-refractivity contribution in [3.63, 3.8) is 0 Å². The predicted octanol–water partition coefficient (Wildman–Crippen LogP) is 1.66. The summed E-state index contributed by atoms with van der Waals surface area (Å²) in [6.45, 7) is 15.0. The Bertz CT molecular complexity index is 316. The highest BCUT2D eigenvalue weighted by Crippen LogP contribution is 2.21. The van der Waals surface area contributed by atoms with Crippen LogP contribution < -0.4 is 0 Å². The second-order valence-electron chi connectivity index (χ2n) is 7.16. The van der Waals surface area contributed by atoms with Gasteiger partial charge in [-0.1, -0.05) is 20.8 Å². The maximum atomic E-state index is 12.1. The normalized spacial score (nSPS) is 22.4. The summed E-state index contributed by atoms with van der Waals surface area (Å²) in [5.41, 5.74) is 0.410. The lowest BCUT2D eigenvalue weighted by Gasteiger charge is -2.38. The van der Waals surface area contributed by atoms with Gasteiger partial charge in [-0.2, -0.15) is 0 Å². The molecule has 0 aromatic rings. The fourth-order valence-electron chi connectivity index (χ4n) is 3.08. The number of piperazine rings is 1. The van der Waals surface area contributed by atoms with Crippen molar-refractivity contribution in [1.29, 1.82) is 0 Å². The molecule has 2 fully saturated rings. The van der Waals surface area contributed by atoms with Crippen LogP contribution in [0.1, 0.15) is 40.0 Å². The Morgan fingerprint density at radius 3 is 2.05 bits per heavy atom. The van der Waals surface area contributed by atoms with Crippen LogP contribution in [0.4, 0.5) is 0 Å². The van der Waals surface area contributed by atoms with Crippen LogP contribution in [-0.2, 0) is 4.79 Å². The van der Waals surface area contributed by atoms with E-state index in [0.717, 1.165) is 39.3 Å². The smallest absolute Gasteiger partial charge is 0.236 e. The maximum Gasteiger partial charge on any atom is 0.236 e. The molecule has 0 radical (unpaired) electrons. The van der Waals surface area contributed by atoms with E-state index < -0.39 is 0 Å². The Morgan fingerprint density at radius 1 is 0.950 bits per heavy atom. The SMILES string of the molecule is CCC(C)(C)CN1CCN(CC(=O)N2CCCC2)CC1. The molecule has 1 amide bonds. The Morgan fingerprint density at radius 2 is 1.50 bits per heavy atom. The molecule has 20 heavy (non-hydrogen) atoms. The lowest BCUT2D eigenvalue weighted by atomic mass is 9.89. The van der Waals surface area contributed by atoms with Crippen molar-refractivity contribution in [2.45, 2.75) is 40.0 Å². The molecule has 0 spiro atoms. The molecule has 0 aromatic carbocycles. The van der Waals surface area contributed by atoms with Crippen LogP contribution in [0.2, 0.25) is 0 Å². The van der Waals surface area contributed by atoms with Crippen LogP contribution in [0.3, 0.4) is 0 Å². The summed E-state index contributed by atoms with van der Waals surface area (Å²) in [5, 5.41) is 0. The Kier molecular flexibility index (Phi) is 5.44. The number of hydrogen-bond donors (Lipinski definition) is 0. The van der Waals surface area contributed by atoms with Gasteiger partial charge in [-0.15, -0.1) is 0 Å². The number of carbonyl (C=O) groups excluding carboxylic acids is 1. The molecular weight excluding hydrogens is 250 g/mol. The van der Waals surface area contributed by atoms with Gasteiger partial charge >= 0.3 is 0 Å². The van der Waals surface area contributed by atoms with E-state index in [1.54, 1.807) is 0 Å². The molecule has 2 aliphatic heterocycles. The second kappa shape index (κ2) is 6.90. The van der Waals surface area contributed by atoms with Crippen molar-refractivity contribution in [1.82, 2.24) is 14.7 Å². The molecule has 0 aromatic heterocycles. The zero-order chi connectivity index (χ0) is 14.6. The second-order valence-corrected chi connectivity index (χ2v) is 7.16. The lowest BCUT2D eigenvalue weighted by Crippen LogP contribution is -2.51. The average molecular weight is 281 g/mol. The minimum Gasteiger partial charge on any atom is -0.342 e. The zero-order valence-electron chi connectivity index (χ0n) is 13.5. The lowest BCUT2D eigenvalue weighted by molar-refractivity contribution is -0.131. The van der Waals surface area contributed by atoms with E-state index >= 15 is 0 Å². The molecule has 0 aliphatic carbocycles. The molecule has 0 bridgehead atoms. The highest BCUT2D eigenvalue weighted by molar-refractivity contribution is 5.78. The molecule has 2 saturated heterocycles. The highest BCUT2D eigenvalue weighted by Gasteiger charge is 2.26. The summed E-state index contributed by atoms with van der Waals surface area (Å²) in [7, 11) is 0. The number of carbonyl (C=O) groups is 1. The largest absolute Gasteiger partial charge is 0.342 e. The van der Waals surface area contributed by atoms with Crippen LogP contribution in [0, 0.1) is 5.41 Å². The highest BCUT2D eigenvalue weighted by atomic mass is 16.2. The van der Waals surface area contributed by atoms with Crippen molar-refractivity contribution >= 4 is 5.91 Å². The van der Waals surface area contributed by atoms with E-state index in [1.165, 1.54) is 25.8 Å². The molecule has 2 aliphatic rings.